The number of nitrogens with zero attached hydrogens (tertiary/aromatic N) is 1. The Labute approximate surface area is 152 Å². The van der Waals surface area contributed by atoms with E-state index in [9.17, 15) is 9.90 Å². The highest BCUT2D eigenvalue weighted by Crippen LogP contribution is 2.22. The monoisotopic (exact) mass is 357 g/mol. The van der Waals surface area contributed by atoms with Crippen LogP contribution >= 0.6 is 0 Å². The van der Waals surface area contributed by atoms with Crippen LogP contribution in [0.1, 0.15) is 11.1 Å². The van der Waals surface area contributed by atoms with Gasteiger partial charge in [0.25, 0.3) is 0 Å². The highest BCUT2D eigenvalue weighted by molar-refractivity contribution is 5.68. The number of hydrogen-bond acceptors (Lipinski definition) is 5. The van der Waals surface area contributed by atoms with Gasteiger partial charge < -0.3 is 24.2 Å². The molecule has 138 valence electrons. The Morgan fingerprint density at radius 1 is 1.08 bits per heavy atom. The zero-order chi connectivity index (χ0) is 18.4. The van der Waals surface area contributed by atoms with Crippen LogP contribution in [0.5, 0.6) is 5.75 Å². The molecule has 1 aliphatic heterocycles. The van der Waals surface area contributed by atoms with E-state index in [0.717, 1.165) is 11.1 Å². The van der Waals surface area contributed by atoms with Crippen LogP contribution in [0.25, 0.3) is 0 Å². The van der Waals surface area contributed by atoms with Gasteiger partial charge in [0.2, 0.25) is 0 Å². The Balaban J connectivity index is 1.58. The Morgan fingerprint density at radius 2 is 1.81 bits per heavy atom. The maximum Gasteiger partial charge on any atom is 0.410 e. The van der Waals surface area contributed by atoms with Crippen LogP contribution in [0.3, 0.4) is 0 Å². The number of carbonyl (C=O) groups excluding carboxylic acids is 1. The number of carbonyl (C=O) groups is 1. The number of benzene rings is 2. The van der Waals surface area contributed by atoms with Crippen molar-refractivity contribution in [2.45, 2.75) is 25.4 Å². The van der Waals surface area contributed by atoms with Crippen LogP contribution in [0.15, 0.2) is 54.6 Å². The summed E-state index contributed by atoms with van der Waals surface area (Å²) < 4.78 is 16.8. The molecule has 0 spiro atoms. The topological polar surface area (TPSA) is 68.2 Å². The predicted octanol–water partition coefficient (Wildman–Crippen LogP) is 2.59. The van der Waals surface area contributed by atoms with E-state index in [0.29, 0.717) is 18.8 Å². The van der Waals surface area contributed by atoms with Gasteiger partial charge in [0, 0.05) is 7.11 Å². The number of amides is 1. The van der Waals surface area contributed by atoms with Crippen molar-refractivity contribution in [2.24, 2.45) is 0 Å². The first kappa shape index (κ1) is 18.2. The lowest BCUT2D eigenvalue weighted by Gasteiger charge is -2.19. The van der Waals surface area contributed by atoms with Gasteiger partial charge >= 0.3 is 6.09 Å². The first-order valence-corrected chi connectivity index (χ1v) is 8.54. The second-order valence-corrected chi connectivity index (χ2v) is 6.18. The van der Waals surface area contributed by atoms with Gasteiger partial charge in [-0.2, -0.15) is 0 Å². The van der Waals surface area contributed by atoms with Gasteiger partial charge in [0.05, 0.1) is 19.7 Å². The third kappa shape index (κ3) is 4.53. The zero-order valence-corrected chi connectivity index (χ0v) is 14.7. The molecule has 0 saturated carbocycles. The molecule has 2 unspecified atom stereocenters. The second kappa shape index (κ2) is 8.69. The molecule has 1 fully saturated rings. The van der Waals surface area contributed by atoms with E-state index >= 15 is 0 Å². The third-order valence-electron chi connectivity index (χ3n) is 4.35. The summed E-state index contributed by atoms with van der Waals surface area (Å²) in [5, 5.41) is 9.24. The van der Waals surface area contributed by atoms with Crippen LogP contribution in [-0.2, 0) is 22.7 Å². The van der Waals surface area contributed by atoms with Gasteiger partial charge in [-0.25, -0.2) is 4.79 Å². The number of hydrogen-bond donors (Lipinski definition) is 1. The minimum atomic E-state index is -0.383. The lowest BCUT2D eigenvalue weighted by Crippen LogP contribution is -2.32. The van der Waals surface area contributed by atoms with Gasteiger partial charge in [0.15, 0.2) is 0 Å². The molecular weight excluding hydrogens is 334 g/mol. The predicted molar refractivity (Wildman–Crippen MR) is 95.8 cm³/mol. The molecule has 2 atom stereocenters. The molecule has 1 aliphatic rings. The van der Waals surface area contributed by atoms with Gasteiger partial charge in [-0.05, 0) is 23.3 Å². The Morgan fingerprint density at radius 3 is 2.54 bits per heavy atom. The molecule has 6 nitrogen and oxygen atoms in total. The first-order chi connectivity index (χ1) is 12.7. The van der Waals surface area contributed by atoms with E-state index in [2.05, 4.69) is 0 Å². The third-order valence-corrected chi connectivity index (χ3v) is 4.35. The van der Waals surface area contributed by atoms with Crippen molar-refractivity contribution >= 4 is 6.09 Å². The molecule has 2 aromatic carbocycles. The fraction of sp³-hybridized carbons (Fsp3) is 0.350. The number of rotatable bonds is 6. The van der Waals surface area contributed by atoms with Crippen LogP contribution in [-0.4, -0.2) is 48.5 Å². The number of methoxy groups -OCH3 is 1. The zero-order valence-electron chi connectivity index (χ0n) is 14.7. The fourth-order valence-corrected chi connectivity index (χ4v) is 2.94. The maximum atomic E-state index is 12.3. The minimum absolute atomic E-state index is 0.0481. The van der Waals surface area contributed by atoms with E-state index in [1.54, 1.807) is 18.1 Å². The van der Waals surface area contributed by atoms with Crippen molar-refractivity contribution < 1.29 is 24.1 Å². The molecule has 1 amide bonds. The molecule has 6 heteroatoms. The van der Waals surface area contributed by atoms with E-state index in [1.807, 2.05) is 48.5 Å². The number of aliphatic hydroxyl groups excluding tert-OH is 1. The Bertz CT molecular complexity index is 721. The number of ether oxygens (including phenoxy) is 3. The molecular formula is C20H23NO5. The molecule has 3 rings (SSSR count). The van der Waals surface area contributed by atoms with E-state index in [-0.39, 0.29) is 31.5 Å². The van der Waals surface area contributed by atoms with Gasteiger partial charge in [-0.3, -0.25) is 0 Å². The van der Waals surface area contributed by atoms with Gasteiger partial charge in [0.1, 0.15) is 24.6 Å². The fourth-order valence-electron chi connectivity index (χ4n) is 2.94. The average molecular weight is 357 g/mol. The van der Waals surface area contributed by atoms with Crippen molar-refractivity contribution in [3.8, 4) is 5.75 Å². The molecule has 0 aliphatic carbocycles. The molecule has 1 N–H and O–H groups in total. The Hall–Kier alpha value is -2.57. The van der Waals surface area contributed by atoms with E-state index in [4.69, 9.17) is 14.2 Å². The van der Waals surface area contributed by atoms with Gasteiger partial charge in [-0.15, -0.1) is 0 Å². The standard InChI is InChI=1S/C20H23NO5/c1-24-18-11-21(20(23)25-14-15-6-3-2-4-7-15)12-19(18)26-17-9-5-8-16(10-17)13-22/h2-10,18-19,22H,11-14H2,1H3. The summed E-state index contributed by atoms with van der Waals surface area (Å²) in [7, 11) is 1.60. The van der Waals surface area contributed by atoms with Crippen LogP contribution in [0.4, 0.5) is 4.79 Å². The van der Waals surface area contributed by atoms with Gasteiger partial charge in [-0.1, -0.05) is 42.5 Å². The lowest BCUT2D eigenvalue weighted by atomic mass is 10.2. The maximum absolute atomic E-state index is 12.3. The van der Waals surface area contributed by atoms with Crippen molar-refractivity contribution in [3.63, 3.8) is 0 Å². The second-order valence-electron chi connectivity index (χ2n) is 6.18. The van der Waals surface area contributed by atoms with E-state index < -0.39 is 0 Å². The molecule has 1 heterocycles. The summed E-state index contributed by atoms with van der Waals surface area (Å²) in [4.78, 5) is 13.9. The molecule has 2 aromatic rings. The summed E-state index contributed by atoms with van der Waals surface area (Å²) in [6.45, 7) is 0.982. The van der Waals surface area contributed by atoms with E-state index in [1.165, 1.54) is 0 Å². The quantitative estimate of drug-likeness (QED) is 0.861. The van der Waals surface area contributed by atoms with Crippen LogP contribution in [0.2, 0.25) is 0 Å². The van der Waals surface area contributed by atoms with Crippen LogP contribution in [0, 0.1) is 0 Å². The number of likely N-dealkylation sites (tertiary alicyclic amines) is 1. The minimum Gasteiger partial charge on any atom is -0.486 e. The highest BCUT2D eigenvalue weighted by Gasteiger charge is 2.37. The van der Waals surface area contributed by atoms with Crippen molar-refractivity contribution in [1.29, 1.82) is 0 Å². The molecule has 0 aromatic heterocycles. The first-order valence-electron chi connectivity index (χ1n) is 8.54. The SMILES string of the molecule is COC1CN(C(=O)OCc2ccccc2)CC1Oc1cccc(CO)c1. The summed E-state index contributed by atoms with van der Waals surface area (Å²) >= 11 is 0. The van der Waals surface area contributed by atoms with Crippen molar-refractivity contribution in [2.75, 3.05) is 20.2 Å². The summed E-state index contributed by atoms with van der Waals surface area (Å²) in [6, 6.07) is 16.8. The summed E-state index contributed by atoms with van der Waals surface area (Å²) in [6.07, 6.45) is -0.915. The van der Waals surface area contributed by atoms with Crippen molar-refractivity contribution in [1.82, 2.24) is 4.90 Å². The van der Waals surface area contributed by atoms with Crippen LogP contribution < -0.4 is 4.74 Å². The highest BCUT2D eigenvalue weighted by atomic mass is 16.6. The summed E-state index contributed by atoms with van der Waals surface area (Å²) in [5.41, 5.74) is 1.71. The normalized spacial score (nSPS) is 19.4. The smallest absolute Gasteiger partial charge is 0.410 e. The molecule has 0 radical (unpaired) electrons. The summed E-state index contributed by atoms with van der Waals surface area (Å²) in [5.74, 6) is 0.642. The Kier molecular flexibility index (Phi) is 6.09. The lowest BCUT2D eigenvalue weighted by molar-refractivity contribution is 0.0338. The molecule has 1 saturated heterocycles. The molecule has 0 bridgehead atoms. The van der Waals surface area contributed by atoms with Crippen molar-refractivity contribution in [3.05, 3.63) is 65.7 Å². The average Bonchev–Trinajstić information content (AvgIpc) is 3.10. The molecule has 26 heavy (non-hydrogen) atoms. The number of aliphatic hydroxyl groups is 1. The largest absolute Gasteiger partial charge is 0.486 e.